The Morgan fingerprint density at radius 2 is 1.90 bits per heavy atom. The van der Waals surface area contributed by atoms with E-state index in [9.17, 15) is 0 Å². The van der Waals surface area contributed by atoms with Gasteiger partial charge in [-0.2, -0.15) is 0 Å². The maximum Gasteiger partial charge on any atom is 0.0594 e. The summed E-state index contributed by atoms with van der Waals surface area (Å²) in [6.45, 7) is 11.1. The molecule has 5 heteroatoms. The summed E-state index contributed by atoms with van der Waals surface area (Å²) in [5.74, 6) is 0.593. The first kappa shape index (κ1) is 14.7. The van der Waals surface area contributed by atoms with Gasteiger partial charge in [0.2, 0.25) is 0 Å². The average molecular weight is 283 g/mol. The van der Waals surface area contributed by atoms with Crippen molar-refractivity contribution < 1.29 is 9.47 Å². The van der Waals surface area contributed by atoms with Crippen molar-refractivity contribution in [3.63, 3.8) is 0 Å². The van der Waals surface area contributed by atoms with Crippen LogP contribution in [-0.4, -0.2) is 80.5 Å². The number of likely N-dealkylation sites (tertiary alicyclic amines) is 1. The van der Waals surface area contributed by atoms with Crippen molar-refractivity contribution in [1.82, 2.24) is 9.80 Å². The van der Waals surface area contributed by atoms with Crippen molar-refractivity contribution in [1.29, 1.82) is 0 Å². The van der Waals surface area contributed by atoms with Gasteiger partial charge in [0, 0.05) is 56.8 Å². The summed E-state index contributed by atoms with van der Waals surface area (Å²) in [4.78, 5) is 5.23. The zero-order valence-corrected chi connectivity index (χ0v) is 12.7. The molecule has 2 N–H and O–H groups in total. The van der Waals surface area contributed by atoms with Crippen LogP contribution in [0.3, 0.4) is 0 Å². The van der Waals surface area contributed by atoms with Crippen LogP contribution in [-0.2, 0) is 9.47 Å². The van der Waals surface area contributed by atoms with Crippen LogP contribution in [0, 0.1) is 5.92 Å². The van der Waals surface area contributed by atoms with Gasteiger partial charge in [0.05, 0.1) is 19.8 Å². The highest BCUT2D eigenvalue weighted by Gasteiger charge is 2.44. The molecular weight excluding hydrogens is 254 g/mol. The van der Waals surface area contributed by atoms with Crippen LogP contribution in [0.5, 0.6) is 0 Å². The van der Waals surface area contributed by atoms with Gasteiger partial charge in [0.25, 0.3) is 0 Å². The molecule has 3 unspecified atom stereocenters. The molecule has 0 spiro atoms. The fraction of sp³-hybridized carbons (Fsp3) is 1.00. The molecule has 3 saturated heterocycles. The maximum atomic E-state index is 6.16. The third-order valence-corrected chi connectivity index (χ3v) is 5.67. The molecule has 0 amide bonds. The molecule has 0 radical (unpaired) electrons. The number of hydrogen-bond donors (Lipinski definition) is 1. The third-order valence-electron chi connectivity index (χ3n) is 5.67. The molecule has 0 bridgehead atoms. The topological polar surface area (TPSA) is 51.0 Å². The highest BCUT2D eigenvalue weighted by atomic mass is 16.5. The summed E-state index contributed by atoms with van der Waals surface area (Å²) in [5.41, 5.74) is 6.27. The molecule has 3 fully saturated rings. The number of hydrogen-bond acceptors (Lipinski definition) is 5. The van der Waals surface area contributed by atoms with Gasteiger partial charge in [-0.15, -0.1) is 0 Å². The average Bonchev–Trinajstić information content (AvgIpc) is 3.19. The lowest BCUT2D eigenvalue weighted by Gasteiger charge is -2.43. The van der Waals surface area contributed by atoms with E-state index >= 15 is 0 Å². The Hall–Kier alpha value is -0.200. The summed E-state index contributed by atoms with van der Waals surface area (Å²) in [7, 11) is 0. The minimum absolute atomic E-state index is 0.109. The number of nitrogens with zero attached hydrogens (tertiary/aromatic N) is 2. The first-order valence-corrected chi connectivity index (χ1v) is 8.08. The second kappa shape index (κ2) is 6.28. The quantitative estimate of drug-likeness (QED) is 0.796. The highest BCUT2D eigenvalue weighted by molar-refractivity contribution is 5.00. The molecule has 3 atom stereocenters. The Morgan fingerprint density at radius 3 is 2.55 bits per heavy atom. The Balaban J connectivity index is 1.62. The lowest BCUT2D eigenvalue weighted by Crippen LogP contribution is -2.57. The number of nitrogens with two attached hydrogens (primary N) is 1. The number of ether oxygens (including phenoxy) is 2. The van der Waals surface area contributed by atoms with E-state index in [1.54, 1.807) is 0 Å². The Kier molecular flexibility index (Phi) is 4.62. The standard InChI is InChI=1S/C15H29N3O2/c1-15(12-16,13-3-7-20-11-13)18-4-2-14(10-18)17-5-8-19-9-6-17/h13-14H,2-12,16H2,1H3. The maximum absolute atomic E-state index is 6.16. The molecule has 0 aromatic rings. The molecular formula is C15H29N3O2. The summed E-state index contributed by atoms with van der Waals surface area (Å²) < 4.78 is 11.1. The molecule has 3 aliphatic rings. The second-order valence-electron chi connectivity index (χ2n) is 6.66. The van der Waals surface area contributed by atoms with E-state index in [0.717, 1.165) is 59.0 Å². The summed E-state index contributed by atoms with van der Waals surface area (Å²) >= 11 is 0. The van der Waals surface area contributed by atoms with Crippen LogP contribution in [0.15, 0.2) is 0 Å². The van der Waals surface area contributed by atoms with E-state index in [4.69, 9.17) is 15.2 Å². The van der Waals surface area contributed by atoms with Gasteiger partial charge in [-0.1, -0.05) is 0 Å². The minimum atomic E-state index is 0.109. The third kappa shape index (κ3) is 2.74. The number of morpholine rings is 1. The Bertz CT molecular complexity index is 316. The largest absolute Gasteiger partial charge is 0.381 e. The molecule has 116 valence electrons. The fourth-order valence-electron chi connectivity index (χ4n) is 4.03. The first-order valence-electron chi connectivity index (χ1n) is 8.08. The van der Waals surface area contributed by atoms with Crippen molar-refractivity contribution in [2.45, 2.75) is 31.3 Å². The van der Waals surface area contributed by atoms with E-state index in [2.05, 4.69) is 16.7 Å². The smallest absolute Gasteiger partial charge is 0.0594 e. The highest BCUT2D eigenvalue weighted by Crippen LogP contribution is 2.34. The zero-order chi connectivity index (χ0) is 14.0. The van der Waals surface area contributed by atoms with Crippen LogP contribution < -0.4 is 5.73 Å². The van der Waals surface area contributed by atoms with Crippen LogP contribution in [0.2, 0.25) is 0 Å². The molecule has 0 aromatic carbocycles. The van der Waals surface area contributed by atoms with Gasteiger partial charge in [-0.3, -0.25) is 9.80 Å². The monoisotopic (exact) mass is 283 g/mol. The summed E-state index contributed by atoms with van der Waals surface area (Å²) in [6, 6.07) is 0.687. The Morgan fingerprint density at radius 1 is 1.10 bits per heavy atom. The van der Waals surface area contributed by atoms with Gasteiger partial charge < -0.3 is 15.2 Å². The molecule has 20 heavy (non-hydrogen) atoms. The number of rotatable bonds is 4. The van der Waals surface area contributed by atoms with E-state index in [1.165, 1.54) is 13.0 Å². The van der Waals surface area contributed by atoms with Crippen molar-refractivity contribution in [2.24, 2.45) is 11.7 Å². The fourth-order valence-corrected chi connectivity index (χ4v) is 4.03. The molecule has 5 nitrogen and oxygen atoms in total. The van der Waals surface area contributed by atoms with Crippen LogP contribution >= 0.6 is 0 Å². The lowest BCUT2D eigenvalue weighted by molar-refractivity contribution is 0.0110. The van der Waals surface area contributed by atoms with E-state index in [-0.39, 0.29) is 5.54 Å². The SMILES string of the molecule is CC(CN)(C1CCOC1)N1CCC(N2CCOCC2)C1. The zero-order valence-electron chi connectivity index (χ0n) is 12.7. The van der Waals surface area contributed by atoms with Gasteiger partial charge in [-0.25, -0.2) is 0 Å². The van der Waals surface area contributed by atoms with Crippen molar-refractivity contribution in [3.05, 3.63) is 0 Å². The normalized spacial score (nSPS) is 36.3. The van der Waals surface area contributed by atoms with Gasteiger partial charge in [-0.05, 0) is 19.8 Å². The first-order chi connectivity index (χ1) is 9.74. The van der Waals surface area contributed by atoms with Crippen molar-refractivity contribution in [3.8, 4) is 0 Å². The van der Waals surface area contributed by atoms with Crippen molar-refractivity contribution in [2.75, 3.05) is 59.2 Å². The van der Waals surface area contributed by atoms with Crippen LogP contribution in [0.25, 0.3) is 0 Å². The molecule has 0 aromatic heterocycles. The van der Waals surface area contributed by atoms with Gasteiger partial charge >= 0.3 is 0 Å². The minimum Gasteiger partial charge on any atom is -0.381 e. The molecule has 3 rings (SSSR count). The lowest BCUT2D eigenvalue weighted by atomic mass is 9.83. The predicted molar refractivity (Wildman–Crippen MR) is 78.8 cm³/mol. The van der Waals surface area contributed by atoms with E-state index in [1.807, 2.05) is 0 Å². The van der Waals surface area contributed by atoms with Crippen LogP contribution in [0.4, 0.5) is 0 Å². The molecule has 3 aliphatic heterocycles. The van der Waals surface area contributed by atoms with Gasteiger partial charge in [0.15, 0.2) is 0 Å². The second-order valence-corrected chi connectivity index (χ2v) is 6.66. The van der Waals surface area contributed by atoms with Crippen LogP contribution in [0.1, 0.15) is 19.8 Å². The predicted octanol–water partition coefficient (Wildman–Crippen LogP) is 0.147. The van der Waals surface area contributed by atoms with E-state index in [0.29, 0.717) is 12.0 Å². The Labute approximate surface area is 122 Å². The molecule has 0 aliphatic carbocycles. The molecule has 3 heterocycles. The summed E-state index contributed by atoms with van der Waals surface area (Å²) in [5, 5.41) is 0. The van der Waals surface area contributed by atoms with Crippen molar-refractivity contribution >= 4 is 0 Å². The van der Waals surface area contributed by atoms with E-state index < -0.39 is 0 Å². The summed E-state index contributed by atoms with van der Waals surface area (Å²) in [6.07, 6.45) is 2.43. The molecule has 0 saturated carbocycles. The van der Waals surface area contributed by atoms with Gasteiger partial charge in [0.1, 0.15) is 0 Å².